The van der Waals surface area contributed by atoms with E-state index >= 15 is 0 Å². The molecule has 19 heavy (non-hydrogen) atoms. The van der Waals surface area contributed by atoms with Crippen molar-refractivity contribution in [2.24, 2.45) is 0 Å². The summed E-state index contributed by atoms with van der Waals surface area (Å²) in [7, 11) is 2.63. The van der Waals surface area contributed by atoms with Crippen molar-refractivity contribution in [1.82, 2.24) is 0 Å². The summed E-state index contributed by atoms with van der Waals surface area (Å²) in [5.74, 6) is -0.798. The molecule has 0 amide bonds. The van der Waals surface area contributed by atoms with Crippen LogP contribution in [0.1, 0.15) is 32.0 Å². The molecule has 0 aliphatic heterocycles. The molecule has 0 fully saturated rings. The molecule has 5 nitrogen and oxygen atoms in total. The van der Waals surface area contributed by atoms with Crippen molar-refractivity contribution < 1.29 is 26.5 Å². The molecule has 0 radical (unpaired) electrons. The largest absolute Gasteiger partial charge is 0.497 e. The van der Waals surface area contributed by atoms with Crippen LogP contribution >= 0.6 is 0 Å². The Balaban J connectivity index is 3.16. The first kappa shape index (κ1) is 12.2. The number of rotatable bonds is 7. The molecule has 1 rings (SSSR count). The highest BCUT2D eigenvalue weighted by Crippen LogP contribution is 2.20. The number of ketones is 1. The van der Waals surface area contributed by atoms with Gasteiger partial charge in [0.2, 0.25) is 0 Å². The van der Waals surface area contributed by atoms with Gasteiger partial charge in [0.15, 0.2) is 5.78 Å². The van der Waals surface area contributed by atoms with E-state index < -0.39 is 24.7 Å². The topological polar surface area (TPSA) is 61.8 Å². The fraction of sp³-hybridized carbons (Fsp3) is 0.429. The third-order valence-electron chi connectivity index (χ3n) is 2.35. The Labute approximate surface area is 115 Å². The standard InChI is InChI=1S/C14H18O5/c1-4-19-14(16)8-13(15)12-6-5-11(18-3)7-10(12)9-17-2/h5-7H,4,8-9H2,1-3H3/i9D2. The second-order valence-corrected chi connectivity index (χ2v) is 3.62. The van der Waals surface area contributed by atoms with E-state index in [0.29, 0.717) is 5.75 Å². The Morgan fingerprint density at radius 1 is 1.32 bits per heavy atom. The number of esters is 1. The highest BCUT2D eigenvalue weighted by molar-refractivity contribution is 6.06. The van der Waals surface area contributed by atoms with Gasteiger partial charge in [-0.2, -0.15) is 0 Å². The average molecular weight is 268 g/mol. The first-order chi connectivity index (χ1) is 9.85. The van der Waals surface area contributed by atoms with Crippen LogP contribution in [-0.2, 0) is 20.8 Å². The second-order valence-electron chi connectivity index (χ2n) is 3.62. The molecule has 0 spiro atoms. The highest BCUT2D eigenvalue weighted by atomic mass is 16.5. The van der Waals surface area contributed by atoms with Crippen LogP contribution in [-0.4, -0.2) is 32.6 Å². The second kappa shape index (κ2) is 7.53. The van der Waals surface area contributed by atoms with E-state index in [2.05, 4.69) is 0 Å². The van der Waals surface area contributed by atoms with Crippen LogP contribution in [0.3, 0.4) is 0 Å². The van der Waals surface area contributed by atoms with Gasteiger partial charge in [0, 0.05) is 12.7 Å². The minimum atomic E-state index is -2.17. The SMILES string of the molecule is [2H]C([2H])(OC)c1cc(OC)ccc1C(=O)CC(=O)OCC. The van der Waals surface area contributed by atoms with Crippen LogP contribution in [0, 0.1) is 0 Å². The number of Topliss-reactive ketones (excluding diaryl/α,β-unsaturated/α-hetero) is 1. The number of carbonyl (C=O) groups excluding carboxylic acids is 2. The van der Waals surface area contributed by atoms with Crippen molar-refractivity contribution in [2.75, 3.05) is 20.8 Å². The number of hydrogen-bond donors (Lipinski definition) is 0. The Hall–Kier alpha value is -1.88. The molecule has 0 saturated heterocycles. The molecule has 0 aliphatic carbocycles. The number of methoxy groups -OCH3 is 2. The van der Waals surface area contributed by atoms with Gasteiger partial charge in [0.1, 0.15) is 12.2 Å². The third kappa shape index (κ3) is 4.37. The van der Waals surface area contributed by atoms with E-state index in [4.69, 9.17) is 17.0 Å². The lowest BCUT2D eigenvalue weighted by atomic mass is 10.0. The molecule has 0 bridgehead atoms. The van der Waals surface area contributed by atoms with Crippen LogP contribution in [0.25, 0.3) is 0 Å². The van der Waals surface area contributed by atoms with Gasteiger partial charge in [-0.25, -0.2) is 0 Å². The van der Waals surface area contributed by atoms with E-state index in [0.717, 1.165) is 0 Å². The van der Waals surface area contributed by atoms with Crippen molar-refractivity contribution in [1.29, 1.82) is 0 Å². The Morgan fingerprint density at radius 3 is 2.63 bits per heavy atom. The minimum Gasteiger partial charge on any atom is -0.497 e. The van der Waals surface area contributed by atoms with Gasteiger partial charge < -0.3 is 14.2 Å². The molecule has 0 aromatic heterocycles. The van der Waals surface area contributed by atoms with Crippen LogP contribution < -0.4 is 4.74 Å². The van der Waals surface area contributed by atoms with Gasteiger partial charge in [0.05, 0.1) is 23.0 Å². The maximum Gasteiger partial charge on any atom is 0.313 e. The molecule has 104 valence electrons. The van der Waals surface area contributed by atoms with E-state index in [9.17, 15) is 9.59 Å². The zero-order valence-corrected chi connectivity index (χ0v) is 11.2. The highest BCUT2D eigenvalue weighted by Gasteiger charge is 2.16. The van der Waals surface area contributed by atoms with Gasteiger partial charge in [0.25, 0.3) is 0 Å². The predicted octanol–water partition coefficient (Wildman–Crippen LogP) is 1.98. The molecular weight excluding hydrogens is 248 g/mol. The fourth-order valence-electron chi connectivity index (χ4n) is 1.53. The molecule has 1 aromatic rings. The maximum atomic E-state index is 12.1. The normalized spacial score (nSPS) is 12.4. The number of benzene rings is 1. The summed E-state index contributed by atoms with van der Waals surface area (Å²) < 4.78 is 30.1. The summed E-state index contributed by atoms with van der Waals surface area (Å²) in [6.45, 7) is -0.348. The molecule has 0 aliphatic rings. The lowest BCUT2D eigenvalue weighted by Gasteiger charge is -2.10. The van der Waals surface area contributed by atoms with Gasteiger partial charge in [-0.3, -0.25) is 9.59 Å². The zero-order chi connectivity index (χ0) is 16.0. The molecule has 0 N–H and O–H groups in total. The lowest BCUT2D eigenvalue weighted by Crippen LogP contribution is -2.13. The summed E-state index contributed by atoms with van der Waals surface area (Å²) in [6, 6.07) is 4.31. The molecule has 0 saturated carbocycles. The predicted molar refractivity (Wildman–Crippen MR) is 69.3 cm³/mol. The quantitative estimate of drug-likeness (QED) is 0.430. The van der Waals surface area contributed by atoms with Gasteiger partial charge >= 0.3 is 5.97 Å². The van der Waals surface area contributed by atoms with E-state index in [-0.39, 0.29) is 17.7 Å². The summed E-state index contributed by atoms with van der Waals surface area (Å²) in [6.07, 6.45) is -0.451. The summed E-state index contributed by atoms with van der Waals surface area (Å²) in [4.78, 5) is 23.5. The van der Waals surface area contributed by atoms with Crippen LogP contribution in [0.2, 0.25) is 0 Å². The third-order valence-corrected chi connectivity index (χ3v) is 2.35. The van der Waals surface area contributed by atoms with Crippen molar-refractivity contribution in [3.63, 3.8) is 0 Å². The van der Waals surface area contributed by atoms with E-state index in [1.807, 2.05) is 0 Å². The Morgan fingerprint density at radius 2 is 2.05 bits per heavy atom. The number of ether oxygens (including phenoxy) is 3. The van der Waals surface area contributed by atoms with Crippen LogP contribution in [0.5, 0.6) is 5.75 Å². The van der Waals surface area contributed by atoms with Gasteiger partial charge in [-0.15, -0.1) is 0 Å². The lowest BCUT2D eigenvalue weighted by molar-refractivity contribution is -0.141. The monoisotopic (exact) mass is 268 g/mol. The smallest absolute Gasteiger partial charge is 0.313 e. The molecule has 0 atom stereocenters. The first-order valence-electron chi connectivity index (χ1n) is 6.78. The average Bonchev–Trinajstić information content (AvgIpc) is 2.46. The van der Waals surface area contributed by atoms with Crippen LogP contribution in [0.15, 0.2) is 18.2 Å². The maximum absolute atomic E-state index is 12.1. The molecule has 0 heterocycles. The fourth-order valence-corrected chi connectivity index (χ4v) is 1.53. The van der Waals surface area contributed by atoms with E-state index in [1.54, 1.807) is 6.92 Å². The van der Waals surface area contributed by atoms with E-state index in [1.165, 1.54) is 32.4 Å². The number of carbonyl (C=O) groups is 2. The zero-order valence-electron chi connectivity index (χ0n) is 13.2. The molecule has 1 aromatic carbocycles. The van der Waals surface area contributed by atoms with Crippen molar-refractivity contribution >= 4 is 11.8 Å². The molecule has 0 unspecified atom stereocenters. The minimum absolute atomic E-state index is 0.0126. The van der Waals surface area contributed by atoms with Crippen molar-refractivity contribution in [3.05, 3.63) is 29.3 Å². The molecular formula is C14H18O5. The molecule has 5 heteroatoms. The Kier molecular flexibility index (Phi) is 4.82. The van der Waals surface area contributed by atoms with Crippen LogP contribution in [0.4, 0.5) is 0 Å². The summed E-state index contributed by atoms with van der Waals surface area (Å²) >= 11 is 0. The van der Waals surface area contributed by atoms with Crippen molar-refractivity contribution in [2.45, 2.75) is 19.9 Å². The summed E-state index contributed by atoms with van der Waals surface area (Å²) in [5.41, 5.74) is 0.0781. The number of hydrogen-bond acceptors (Lipinski definition) is 5. The Bertz CT molecular complexity index is 528. The van der Waals surface area contributed by atoms with Gasteiger partial charge in [-0.05, 0) is 30.7 Å². The summed E-state index contributed by atoms with van der Waals surface area (Å²) in [5, 5.41) is 0. The van der Waals surface area contributed by atoms with Gasteiger partial charge in [-0.1, -0.05) is 0 Å². The van der Waals surface area contributed by atoms with Crippen molar-refractivity contribution in [3.8, 4) is 5.75 Å². The first-order valence-corrected chi connectivity index (χ1v) is 5.78.